The van der Waals surface area contributed by atoms with Crippen LogP contribution in [0, 0.1) is 11.8 Å². The highest BCUT2D eigenvalue weighted by atomic mass is 16.5. The molecule has 0 aliphatic heterocycles. The molecule has 5 nitrogen and oxygen atoms in total. The van der Waals surface area contributed by atoms with Crippen LogP contribution in [0.4, 0.5) is 0 Å². The molecule has 5 heteroatoms. The minimum absolute atomic E-state index is 0.0660. The number of carbonyl (C=O) groups excluding carboxylic acids is 1. The maximum atomic E-state index is 11.6. The van der Waals surface area contributed by atoms with Crippen LogP contribution in [0.15, 0.2) is 54.6 Å². The summed E-state index contributed by atoms with van der Waals surface area (Å²) in [6.45, 7) is 3.68. The lowest BCUT2D eigenvalue weighted by Crippen LogP contribution is -2.20. The Bertz CT molecular complexity index is 727. The number of ether oxygens (including phenoxy) is 1. The molecule has 5 unspecified atom stereocenters. The summed E-state index contributed by atoms with van der Waals surface area (Å²) in [5.74, 6) is -0.398. The first-order valence-corrected chi connectivity index (χ1v) is 12.5. The number of rotatable bonds is 14. The zero-order valence-corrected chi connectivity index (χ0v) is 20.2. The summed E-state index contributed by atoms with van der Waals surface area (Å²) >= 11 is 0. The molecule has 0 aromatic heterocycles. The molecule has 1 saturated carbocycles. The Hall–Kier alpha value is -1.95. The molecule has 0 spiro atoms. The molecule has 1 aromatic rings. The molecular formula is C28H42O5. The third-order valence-electron chi connectivity index (χ3n) is 6.22. The number of allylic oxidation sites excluding steroid dienone is 2. The highest BCUT2D eigenvalue weighted by molar-refractivity contribution is 5.69. The van der Waals surface area contributed by atoms with Gasteiger partial charge in [-0.05, 0) is 63.9 Å². The Balaban J connectivity index is 1.70. The third kappa shape index (κ3) is 10.7. The number of carbonyl (C=O) groups is 1. The first-order chi connectivity index (χ1) is 15.9. The zero-order chi connectivity index (χ0) is 24.1. The lowest BCUT2D eigenvalue weighted by Gasteiger charge is -2.19. The molecule has 33 heavy (non-hydrogen) atoms. The molecule has 1 aliphatic carbocycles. The molecule has 0 radical (unpaired) electrons. The number of unbranched alkanes of at least 4 members (excludes halogenated alkanes) is 2. The van der Waals surface area contributed by atoms with E-state index in [4.69, 9.17) is 4.74 Å². The Morgan fingerprint density at radius 3 is 2.58 bits per heavy atom. The zero-order valence-electron chi connectivity index (χ0n) is 20.2. The van der Waals surface area contributed by atoms with Crippen LogP contribution < -0.4 is 0 Å². The predicted molar refractivity (Wildman–Crippen MR) is 132 cm³/mol. The van der Waals surface area contributed by atoms with E-state index in [9.17, 15) is 20.1 Å². The summed E-state index contributed by atoms with van der Waals surface area (Å²) in [5, 5.41) is 31.1. The van der Waals surface area contributed by atoms with Crippen molar-refractivity contribution in [2.24, 2.45) is 11.8 Å². The molecule has 184 valence electrons. The number of hydrogen-bond donors (Lipinski definition) is 3. The van der Waals surface area contributed by atoms with Crippen molar-refractivity contribution in [1.29, 1.82) is 0 Å². The quantitative estimate of drug-likeness (QED) is 0.213. The fourth-order valence-corrected chi connectivity index (χ4v) is 4.44. The first kappa shape index (κ1) is 27.3. The van der Waals surface area contributed by atoms with Crippen LogP contribution in [0.3, 0.4) is 0 Å². The van der Waals surface area contributed by atoms with E-state index in [1.54, 1.807) is 6.08 Å². The van der Waals surface area contributed by atoms with E-state index in [1.165, 1.54) is 5.56 Å². The number of esters is 1. The van der Waals surface area contributed by atoms with Gasteiger partial charge in [0.1, 0.15) is 0 Å². The summed E-state index contributed by atoms with van der Waals surface area (Å²) in [4.78, 5) is 11.6. The van der Waals surface area contributed by atoms with Crippen molar-refractivity contribution >= 4 is 5.97 Å². The van der Waals surface area contributed by atoms with Crippen LogP contribution in [0.25, 0.3) is 0 Å². The van der Waals surface area contributed by atoms with Crippen molar-refractivity contribution in [2.45, 2.75) is 96.1 Å². The lowest BCUT2D eigenvalue weighted by molar-refractivity contribution is -0.147. The predicted octanol–water partition coefficient (Wildman–Crippen LogP) is 4.74. The normalized spacial score (nSPS) is 24.2. The number of aryl methyl sites for hydroxylation is 1. The Labute approximate surface area is 199 Å². The monoisotopic (exact) mass is 458 g/mol. The van der Waals surface area contributed by atoms with Gasteiger partial charge in [0.25, 0.3) is 0 Å². The van der Waals surface area contributed by atoms with E-state index in [-0.39, 0.29) is 23.9 Å². The molecule has 0 saturated heterocycles. The van der Waals surface area contributed by atoms with E-state index >= 15 is 0 Å². The van der Waals surface area contributed by atoms with Crippen molar-refractivity contribution < 1.29 is 24.9 Å². The molecule has 5 atom stereocenters. The summed E-state index contributed by atoms with van der Waals surface area (Å²) in [7, 11) is 0. The summed E-state index contributed by atoms with van der Waals surface area (Å²) in [5.41, 5.74) is 1.32. The van der Waals surface area contributed by atoms with Gasteiger partial charge < -0.3 is 20.1 Å². The molecule has 0 amide bonds. The molecule has 1 fully saturated rings. The van der Waals surface area contributed by atoms with Crippen LogP contribution in [0.2, 0.25) is 0 Å². The average molecular weight is 459 g/mol. The summed E-state index contributed by atoms with van der Waals surface area (Å²) in [6.07, 6.45) is 12.6. The molecule has 1 aliphatic rings. The van der Waals surface area contributed by atoms with Crippen LogP contribution >= 0.6 is 0 Å². The van der Waals surface area contributed by atoms with Gasteiger partial charge in [0.15, 0.2) is 0 Å². The van der Waals surface area contributed by atoms with Crippen LogP contribution in [-0.4, -0.2) is 45.7 Å². The van der Waals surface area contributed by atoms with Gasteiger partial charge in [-0.2, -0.15) is 0 Å². The van der Waals surface area contributed by atoms with Gasteiger partial charge in [-0.1, -0.05) is 61.1 Å². The van der Waals surface area contributed by atoms with Gasteiger partial charge in [-0.3, -0.25) is 4.79 Å². The molecular weight excluding hydrogens is 416 g/mol. The maximum absolute atomic E-state index is 11.6. The second-order valence-corrected chi connectivity index (χ2v) is 9.43. The van der Waals surface area contributed by atoms with Gasteiger partial charge in [0.2, 0.25) is 0 Å². The molecule has 0 bridgehead atoms. The van der Waals surface area contributed by atoms with E-state index in [2.05, 4.69) is 12.1 Å². The molecule has 0 heterocycles. The van der Waals surface area contributed by atoms with E-state index in [0.717, 1.165) is 32.1 Å². The van der Waals surface area contributed by atoms with Gasteiger partial charge in [-0.15, -0.1) is 0 Å². The lowest BCUT2D eigenvalue weighted by atomic mass is 9.89. The van der Waals surface area contributed by atoms with E-state index in [1.807, 2.05) is 50.3 Å². The molecule has 2 rings (SSSR count). The number of aliphatic hydroxyl groups excluding tert-OH is 3. The Morgan fingerprint density at radius 1 is 1.09 bits per heavy atom. The fraction of sp³-hybridized carbons (Fsp3) is 0.607. The fourth-order valence-electron chi connectivity index (χ4n) is 4.44. The van der Waals surface area contributed by atoms with Crippen LogP contribution in [-0.2, 0) is 16.0 Å². The molecule has 3 N–H and O–H groups in total. The van der Waals surface area contributed by atoms with E-state index < -0.39 is 18.3 Å². The minimum atomic E-state index is -0.592. The third-order valence-corrected chi connectivity index (χ3v) is 6.22. The number of benzene rings is 1. The average Bonchev–Trinajstić information content (AvgIpc) is 3.04. The smallest absolute Gasteiger partial charge is 0.306 e. The molecule has 1 aromatic carbocycles. The van der Waals surface area contributed by atoms with Crippen LogP contribution in [0.5, 0.6) is 0 Å². The van der Waals surface area contributed by atoms with E-state index in [0.29, 0.717) is 25.7 Å². The standard InChI is InChI=1S/C28H42O5/c1-21(2)33-28(32)17-9-4-3-8-16-24-25(27(31)20-26(24)30)19-18-23(29)15-11-10-14-22-12-6-5-7-13-22/h3,5-8,12-13,18-19,21,23-27,29-31H,4,9-11,14-17,20H2,1-2H3/b8-3-,19-18+. The topological polar surface area (TPSA) is 87.0 Å². The van der Waals surface area contributed by atoms with Crippen molar-refractivity contribution in [2.75, 3.05) is 0 Å². The highest BCUT2D eigenvalue weighted by Gasteiger charge is 2.39. The summed E-state index contributed by atoms with van der Waals surface area (Å²) in [6, 6.07) is 10.4. The highest BCUT2D eigenvalue weighted by Crippen LogP contribution is 2.36. The van der Waals surface area contributed by atoms with Crippen molar-refractivity contribution in [1.82, 2.24) is 0 Å². The van der Waals surface area contributed by atoms with Gasteiger partial charge in [0, 0.05) is 18.8 Å². The van der Waals surface area contributed by atoms with Gasteiger partial charge in [0.05, 0.1) is 24.4 Å². The second kappa shape index (κ2) is 15.0. The van der Waals surface area contributed by atoms with Gasteiger partial charge in [-0.25, -0.2) is 0 Å². The van der Waals surface area contributed by atoms with Crippen molar-refractivity contribution in [3.05, 3.63) is 60.2 Å². The SMILES string of the molecule is CC(C)OC(=O)CCC/C=C\CC1C(O)CC(O)C1/C=C/C(O)CCCCc1ccccc1. The van der Waals surface area contributed by atoms with Crippen molar-refractivity contribution in [3.63, 3.8) is 0 Å². The maximum Gasteiger partial charge on any atom is 0.306 e. The minimum Gasteiger partial charge on any atom is -0.463 e. The van der Waals surface area contributed by atoms with Gasteiger partial charge >= 0.3 is 5.97 Å². The Kier molecular flexibility index (Phi) is 12.4. The number of hydrogen-bond acceptors (Lipinski definition) is 5. The van der Waals surface area contributed by atoms with Crippen molar-refractivity contribution in [3.8, 4) is 0 Å². The summed E-state index contributed by atoms with van der Waals surface area (Å²) < 4.78 is 5.12. The second-order valence-electron chi connectivity index (χ2n) is 9.43. The largest absolute Gasteiger partial charge is 0.463 e. The Morgan fingerprint density at radius 2 is 1.85 bits per heavy atom. The van der Waals surface area contributed by atoms with Crippen LogP contribution in [0.1, 0.15) is 70.8 Å². The first-order valence-electron chi connectivity index (χ1n) is 12.5. The number of aliphatic hydroxyl groups is 3.